The van der Waals surface area contributed by atoms with E-state index in [1.54, 1.807) is 5.32 Å². The van der Waals surface area contributed by atoms with E-state index in [1.807, 2.05) is 0 Å². The average molecular weight is 431 g/mol. The third kappa shape index (κ3) is 5.70. The summed E-state index contributed by atoms with van der Waals surface area (Å²) in [5.41, 5.74) is 0.444. The highest BCUT2D eigenvalue weighted by molar-refractivity contribution is 7.91. The Bertz CT molecular complexity index is 1020. The zero-order valence-electron chi connectivity index (χ0n) is 14.7. The predicted molar refractivity (Wildman–Crippen MR) is 94.1 cm³/mol. The Kier molecular flexibility index (Phi) is 6.52. The molecule has 0 unspecified atom stereocenters. The molecule has 2 rings (SSSR count). The number of carbonyl (C=O) groups excluding carboxylic acids is 1. The molecule has 0 aliphatic carbocycles. The Balaban J connectivity index is 2.14. The van der Waals surface area contributed by atoms with Crippen LogP contribution in [-0.2, 0) is 32.3 Å². The van der Waals surface area contributed by atoms with Crippen molar-refractivity contribution in [3.63, 3.8) is 0 Å². The largest absolute Gasteiger partial charge is 0.508 e. The Morgan fingerprint density at radius 2 is 1.59 bits per heavy atom. The summed E-state index contributed by atoms with van der Waals surface area (Å²) in [7, 11) is -4.01. The minimum Gasteiger partial charge on any atom is -0.508 e. The first kappa shape index (κ1) is 22.2. The van der Waals surface area contributed by atoms with E-state index in [0.717, 1.165) is 18.2 Å². The zero-order chi connectivity index (χ0) is 21.8. The summed E-state index contributed by atoms with van der Waals surface area (Å²) in [4.78, 5) is 21.2. The van der Waals surface area contributed by atoms with E-state index in [2.05, 4.69) is 0 Å². The highest BCUT2D eigenvalue weighted by Gasteiger charge is 2.38. The Hall–Kier alpha value is -3.08. The Labute approximate surface area is 163 Å². The maximum absolute atomic E-state index is 12.7. The summed E-state index contributed by atoms with van der Waals surface area (Å²) in [6, 6.07) is 8.58. The number of aromatic hydroxyl groups is 1. The SMILES string of the molecule is O=C(O)Cc1cc(S(=O)(=O)c2ccc(CCNC(=O)C(F)(F)F)cc2)ccc1O. The van der Waals surface area contributed by atoms with Crippen LogP contribution in [0.25, 0.3) is 0 Å². The van der Waals surface area contributed by atoms with Crippen molar-refractivity contribution in [2.24, 2.45) is 0 Å². The number of nitrogens with one attached hydrogen (secondary N) is 1. The van der Waals surface area contributed by atoms with E-state index in [-0.39, 0.29) is 34.1 Å². The van der Waals surface area contributed by atoms with Gasteiger partial charge in [-0.1, -0.05) is 12.1 Å². The van der Waals surface area contributed by atoms with Crippen molar-refractivity contribution in [1.82, 2.24) is 5.32 Å². The van der Waals surface area contributed by atoms with Crippen LogP contribution in [0.15, 0.2) is 52.3 Å². The number of halogens is 3. The molecule has 0 saturated carbocycles. The molecular weight excluding hydrogens is 415 g/mol. The predicted octanol–water partition coefficient (Wildman–Crippen LogP) is 2.07. The molecule has 7 nitrogen and oxygen atoms in total. The molecule has 0 aromatic heterocycles. The van der Waals surface area contributed by atoms with Gasteiger partial charge in [0.25, 0.3) is 0 Å². The molecule has 0 atom stereocenters. The monoisotopic (exact) mass is 431 g/mol. The van der Waals surface area contributed by atoms with Crippen molar-refractivity contribution in [1.29, 1.82) is 0 Å². The minimum absolute atomic E-state index is 0.0596. The van der Waals surface area contributed by atoms with Crippen molar-refractivity contribution in [3.05, 3.63) is 53.6 Å². The third-order valence-corrected chi connectivity index (χ3v) is 5.66. The van der Waals surface area contributed by atoms with Gasteiger partial charge in [-0.3, -0.25) is 9.59 Å². The number of carboxylic acids is 1. The lowest BCUT2D eigenvalue weighted by Crippen LogP contribution is -2.37. The van der Waals surface area contributed by atoms with E-state index in [1.165, 1.54) is 24.3 Å². The average Bonchev–Trinajstić information content (AvgIpc) is 2.62. The standard InChI is InChI=1S/C18H16F3NO6S/c19-18(20,21)17(26)22-8-7-11-1-3-13(4-2-11)29(27,28)14-5-6-15(23)12(9-14)10-16(24)25/h1-6,9,23H,7-8,10H2,(H,22,26)(H,24,25). The summed E-state index contributed by atoms with van der Waals surface area (Å²) in [6.07, 6.45) is -5.47. The highest BCUT2D eigenvalue weighted by atomic mass is 32.2. The van der Waals surface area contributed by atoms with Crippen LogP contribution in [0.1, 0.15) is 11.1 Å². The fourth-order valence-electron chi connectivity index (χ4n) is 2.43. The van der Waals surface area contributed by atoms with Gasteiger partial charge in [-0.25, -0.2) is 8.42 Å². The lowest BCUT2D eigenvalue weighted by molar-refractivity contribution is -0.173. The van der Waals surface area contributed by atoms with Crippen molar-refractivity contribution in [2.45, 2.75) is 28.8 Å². The highest BCUT2D eigenvalue weighted by Crippen LogP contribution is 2.26. The molecule has 2 aromatic carbocycles. The van der Waals surface area contributed by atoms with Gasteiger partial charge in [-0.2, -0.15) is 13.2 Å². The molecule has 156 valence electrons. The molecule has 3 N–H and O–H groups in total. The van der Waals surface area contributed by atoms with Gasteiger partial charge in [0.05, 0.1) is 16.2 Å². The summed E-state index contributed by atoms with van der Waals surface area (Å²) < 4.78 is 61.7. The maximum atomic E-state index is 12.7. The van der Waals surface area contributed by atoms with Crippen molar-refractivity contribution in [3.8, 4) is 5.75 Å². The Morgan fingerprint density at radius 1 is 1.00 bits per heavy atom. The van der Waals surface area contributed by atoms with E-state index in [9.17, 15) is 36.3 Å². The number of rotatable bonds is 7. The summed E-state index contributed by atoms with van der Waals surface area (Å²) in [5.74, 6) is -3.64. The second-order valence-corrected chi connectivity index (χ2v) is 7.96. The van der Waals surface area contributed by atoms with Crippen LogP contribution in [0, 0.1) is 0 Å². The van der Waals surface area contributed by atoms with Gasteiger partial charge in [-0.05, 0) is 42.3 Å². The zero-order valence-corrected chi connectivity index (χ0v) is 15.5. The number of alkyl halides is 3. The van der Waals surface area contributed by atoms with Crippen molar-refractivity contribution in [2.75, 3.05) is 6.54 Å². The fraction of sp³-hybridized carbons (Fsp3) is 0.222. The number of amides is 1. The first-order chi connectivity index (χ1) is 13.4. The first-order valence-corrected chi connectivity index (χ1v) is 9.62. The number of carboxylic acid groups (broad SMARTS) is 1. The molecule has 0 bridgehead atoms. The lowest BCUT2D eigenvalue weighted by Gasteiger charge is -2.10. The lowest BCUT2D eigenvalue weighted by atomic mass is 10.1. The number of hydrogen-bond acceptors (Lipinski definition) is 5. The molecule has 0 fully saturated rings. The number of carbonyl (C=O) groups is 2. The minimum atomic E-state index is -4.97. The number of phenols is 1. The number of hydrogen-bond donors (Lipinski definition) is 3. The van der Waals surface area contributed by atoms with Crippen LogP contribution in [0.3, 0.4) is 0 Å². The van der Waals surface area contributed by atoms with Gasteiger partial charge >= 0.3 is 18.1 Å². The summed E-state index contributed by atoms with van der Waals surface area (Å²) in [5, 5.41) is 20.2. The fourth-order valence-corrected chi connectivity index (χ4v) is 3.74. The number of aliphatic carboxylic acids is 1. The number of sulfone groups is 1. The van der Waals surface area contributed by atoms with Crippen LogP contribution >= 0.6 is 0 Å². The smallest absolute Gasteiger partial charge is 0.471 e. The van der Waals surface area contributed by atoms with Gasteiger partial charge in [-0.15, -0.1) is 0 Å². The van der Waals surface area contributed by atoms with Gasteiger partial charge in [0, 0.05) is 12.1 Å². The Morgan fingerprint density at radius 3 is 2.14 bits per heavy atom. The van der Waals surface area contributed by atoms with Crippen molar-refractivity contribution >= 4 is 21.7 Å². The molecule has 0 radical (unpaired) electrons. The molecule has 0 saturated heterocycles. The molecule has 0 heterocycles. The third-order valence-electron chi connectivity index (χ3n) is 3.89. The van der Waals surface area contributed by atoms with E-state index >= 15 is 0 Å². The molecular formula is C18H16F3NO6S. The van der Waals surface area contributed by atoms with Gasteiger partial charge in [0.15, 0.2) is 0 Å². The quantitative estimate of drug-likeness (QED) is 0.617. The van der Waals surface area contributed by atoms with Crippen molar-refractivity contribution < 1.29 is 41.4 Å². The van der Waals surface area contributed by atoms with E-state index < -0.39 is 34.3 Å². The number of phenolic OH excluding ortho intramolecular Hbond substituents is 1. The van der Waals surface area contributed by atoms with Crippen LogP contribution in [-0.4, -0.2) is 43.2 Å². The molecule has 11 heteroatoms. The van der Waals surface area contributed by atoms with Gasteiger partial charge in [0.2, 0.25) is 9.84 Å². The van der Waals surface area contributed by atoms with Gasteiger partial charge in [0.1, 0.15) is 5.75 Å². The summed E-state index contributed by atoms with van der Waals surface area (Å²) in [6.45, 7) is -0.277. The van der Waals surface area contributed by atoms with Crippen LogP contribution in [0.2, 0.25) is 0 Å². The van der Waals surface area contributed by atoms with E-state index in [4.69, 9.17) is 5.11 Å². The van der Waals surface area contributed by atoms with Crippen LogP contribution in [0.5, 0.6) is 5.75 Å². The maximum Gasteiger partial charge on any atom is 0.471 e. The second kappa shape index (κ2) is 8.52. The molecule has 0 spiro atoms. The van der Waals surface area contributed by atoms with Gasteiger partial charge < -0.3 is 15.5 Å². The molecule has 0 aliphatic rings. The second-order valence-electron chi connectivity index (χ2n) is 6.01. The molecule has 2 aromatic rings. The molecule has 0 aliphatic heterocycles. The van der Waals surface area contributed by atoms with Crippen LogP contribution < -0.4 is 5.32 Å². The number of benzene rings is 2. The topological polar surface area (TPSA) is 121 Å². The summed E-state index contributed by atoms with van der Waals surface area (Å²) >= 11 is 0. The molecule has 1 amide bonds. The van der Waals surface area contributed by atoms with E-state index in [0.29, 0.717) is 5.56 Å². The first-order valence-electron chi connectivity index (χ1n) is 8.14. The molecule has 29 heavy (non-hydrogen) atoms. The van der Waals surface area contributed by atoms with Crippen LogP contribution in [0.4, 0.5) is 13.2 Å². The normalized spacial score (nSPS) is 11.8.